The van der Waals surface area contributed by atoms with E-state index in [0.717, 1.165) is 13.1 Å². The molecule has 15 heavy (non-hydrogen) atoms. The molecule has 2 N–H and O–H groups in total. The van der Waals surface area contributed by atoms with Crippen LogP contribution in [0.3, 0.4) is 0 Å². The van der Waals surface area contributed by atoms with Gasteiger partial charge in [-0.3, -0.25) is 4.79 Å². The summed E-state index contributed by atoms with van der Waals surface area (Å²) in [6.07, 6.45) is 1.35. The smallest absolute Gasteiger partial charge is 0.223 e. The van der Waals surface area contributed by atoms with Crippen LogP contribution in [0, 0.1) is 0 Å². The maximum absolute atomic E-state index is 11.1. The number of hydrogen-bond donors (Lipinski definition) is 2. The first-order valence-electron chi connectivity index (χ1n) is 5.42. The van der Waals surface area contributed by atoms with E-state index in [2.05, 4.69) is 16.8 Å². The summed E-state index contributed by atoms with van der Waals surface area (Å²) in [5, 5.41) is 12.3. The third-order valence-electron chi connectivity index (χ3n) is 2.23. The zero-order valence-electron chi connectivity index (χ0n) is 9.70. The molecule has 0 aromatic rings. The Balaban J connectivity index is 3.68. The molecule has 0 aliphatic carbocycles. The van der Waals surface area contributed by atoms with Crippen LogP contribution in [0.1, 0.15) is 20.3 Å². The Bertz CT molecular complexity index is 191. The third kappa shape index (κ3) is 7.11. The van der Waals surface area contributed by atoms with Gasteiger partial charge in [0.05, 0.1) is 6.10 Å². The van der Waals surface area contributed by atoms with Gasteiger partial charge in [0.15, 0.2) is 0 Å². The SMILES string of the molecule is C=CCC(=O)NCC(O)CN(CC)CC. The fourth-order valence-corrected chi connectivity index (χ4v) is 1.28. The second-order valence-electron chi connectivity index (χ2n) is 3.44. The maximum atomic E-state index is 11.1. The zero-order valence-corrected chi connectivity index (χ0v) is 9.70. The number of nitrogens with one attached hydrogen (secondary N) is 1. The number of amides is 1. The summed E-state index contributed by atoms with van der Waals surface area (Å²) in [4.78, 5) is 13.2. The van der Waals surface area contributed by atoms with Gasteiger partial charge in [-0.2, -0.15) is 0 Å². The highest BCUT2D eigenvalue weighted by Crippen LogP contribution is 1.91. The zero-order chi connectivity index (χ0) is 11.7. The Kier molecular flexibility index (Phi) is 7.95. The molecule has 0 saturated carbocycles. The van der Waals surface area contributed by atoms with E-state index in [0.29, 0.717) is 19.5 Å². The number of aliphatic hydroxyl groups excluding tert-OH is 1. The maximum Gasteiger partial charge on any atom is 0.223 e. The highest BCUT2D eigenvalue weighted by Gasteiger charge is 2.09. The van der Waals surface area contributed by atoms with E-state index in [-0.39, 0.29) is 5.91 Å². The molecule has 4 nitrogen and oxygen atoms in total. The fraction of sp³-hybridized carbons (Fsp3) is 0.727. The van der Waals surface area contributed by atoms with Crippen LogP contribution in [0.2, 0.25) is 0 Å². The van der Waals surface area contributed by atoms with Crippen molar-refractivity contribution in [3.63, 3.8) is 0 Å². The molecule has 1 atom stereocenters. The second-order valence-corrected chi connectivity index (χ2v) is 3.44. The summed E-state index contributed by atoms with van der Waals surface area (Å²) in [5.41, 5.74) is 0. The lowest BCUT2D eigenvalue weighted by molar-refractivity contribution is -0.120. The Hall–Kier alpha value is -0.870. The van der Waals surface area contributed by atoms with E-state index < -0.39 is 6.10 Å². The van der Waals surface area contributed by atoms with Gasteiger partial charge in [-0.15, -0.1) is 6.58 Å². The normalized spacial score (nSPS) is 12.5. The molecule has 0 heterocycles. The van der Waals surface area contributed by atoms with Crippen molar-refractivity contribution < 1.29 is 9.90 Å². The number of aliphatic hydroxyl groups is 1. The van der Waals surface area contributed by atoms with E-state index in [1.54, 1.807) is 6.08 Å². The van der Waals surface area contributed by atoms with Crippen molar-refractivity contribution in [2.45, 2.75) is 26.4 Å². The quantitative estimate of drug-likeness (QED) is 0.574. The summed E-state index contributed by atoms with van der Waals surface area (Å²) >= 11 is 0. The molecule has 0 spiro atoms. The van der Waals surface area contributed by atoms with Crippen molar-refractivity contribution in [2.24, 2.45) is 0 Å². The van der Waals surface area contributed by atoms with E-state index in [9.17, 15) is 9.90 Å². The Morgan fingerprint density at radius 1 is 1.53 bits per heavy atom. The number of nitrogens with zero attached hydrogens (tertiary/aromatic N) is 1. The monoisotopic (exact) mass is 214 g/mol. The largest absolute Gasteiger partial charge is 0.390 e. The Labute approximate surface area is 92.0 Å². The van der Waals surface area contributed by atoms with Gasteiger partial charge in [-0.25, -0.2) is 0 Å². The molecule has 1 amide bonds. The van der Waals surface area contributed by atoms with Crippen molar-refractivity contribution in [1.29, 1.82) is 0 Å². The number of hydrogen-bond acceptors (Lipinski definition) is 3. The van der Waals surface area contributed by atoms with Crippen LogP contribution in [0.4, 0.5) is 0 Å². The van der Waals surface area contributed by atoms with Crippen molar-refractivity contribution >= 4 is 5.91 Å². The minimum Gasteiger partial charge on any atom is -0.390 e. The molecule has 88 valence electrons. The lowest BCUT2D eigenvalue weighted by Gasteiger charge is -2.21. The van der Waals surface area contributed by atoms with Gasteiger partial charge in [0.25, 0.3) is 0 Å². The van der Waals surface area contributed by atoms with Gasteiger partial charge in [0.2, 0.25) is 5.91 Å². The summed E-state index contributed by atoms with van der Waals surface area (Å²) in [6, 6.07) is 0. The molecule has 0 aliphatic rings. The van der Waals surface area contributed by atoms with Crippen LogP contribution in [0.25, 0.3) is 0 Å². The van der Waals surface area contributed by atoms with Gasteiger partial charge in [-0.1, -0.05) is 19.9 Å². The number of carbonyl (C=O) groups excluding carboxylic acids is 1. The van der Waals surface area contributed by atoms with Gasteiger partial charge < -0.3 is 15.3 Å². The Morgan fingerprint density at radius 2 is 2.13 bits per heavy atom. The molecular formula is C11H22N2O2. The predicted octanol–water partition coefficient (Wildman–Crippen LogP) is 0.381. The third-order valence-corrected chi connectivity index (χ3v) is 2.23. The van der Waals surface area contributed by atoms with Crippen LogP contribution < -0.4 is 5.32 Å². The van der Waals surface area contributed by atoms with E-state index in [1.807, 2.05) is 13.8 Å². The van der Waals surface area contributed by atoms with Gasteiger partial charge in [-0.05, 0) is 13.1 Å². The Morgan fingerprint density at radius 3 is 2.60 bits per heavy atom. The number of rotatable bonds is 8. The first-order chi connectivity index (χ1) is 7.13. The minimum atomic E-state index is -0.501. The van der Waals surface area contributed by atoms with Crippen LogP contribution in [-0.4, -0.2) is 48.2 Å². The molecule has 0 rings (SSSR count). The first-order valence-corrected chi connectivity index (χ1v) is 5.42. The average molecular weight is 214 g/mol. The van der Waals surface area contributed by atoms with E-state index in [1.165, 1.54) is 0 Å². The topological polar surface area (TPSA) is 52.6 Å². The molecule has 0 fully saturated rings. The lowest BCUT2D eigenvalue weighted by Crippen LogP contribution is -2.39. The molecule has 0 bridgehead atoms. The van der Waals surface area contributed by atoms with Crippen molar-refractivity contribution in [2.75, 3.05) is 26.2 Å². The molecule has 0 saturated heterocycles. The summed E-state index contributed by atoms with van der Waals surface area (Å²) in [7, 11) is 0. The lowest BCUT2D eigenvalue weighted by atomic mass is 10.3. The minimum absolute atomic E-state index is 0.0939. The summed E-state index contributed by atoms with van der Waals surface area (Å²) < 4.78 is 0. The molecule has 0 aliphatic heterocycles. The standard InChI is InChI=1S/C11H22N2O2/c1-4-7-11(15)12-8-10(14)9-13(5-2)6-3/h4,10,14H,1,5-9H2,2-3H3,(H,12,15). The summed E-state index contributed by atoms with van der Waals surface area (Å²) in [6.45, 7) is 10.3. The molecule has 0 aromatic heterocycles. The molecular weight excluding hydrogens is 192 g/mol. The first kappa shape index (κ1) is 14.1. The van der Waals surface area contributed by atoms with Crippen LogP contribution >= 0.6 is 0 Å². The average Bonchev–Trinajstić information content (AvgIpc) is 2.23. The molecule has 0 radical (unpaired) electrons. The number of carbonyl (C=O) groups is 1. The highest BCUT2D eigenvalue weighted by atomic mass is 16.3. The number of likely N-dealkylation sites (N-methyl/N-ethyl adjacent to an activating group) is 1. The van der Waals surface area contributed by atoms with Gasteiger partial charge >= 0.3 is 0 Å². The fourth-order valence-electron chi connectivity index (χ4n) is 1.28. The van der Waals surface area contributed by atoms with Crippen molar-refractivity contribution in [3.05, 3.63) is 12.7 Å². The molecule has 0 aromatic carbocycles. The van der Waals surface area contributed by atoms with Gasteiger partial charge in [0, 0.05) is 19.5 Å². The van der Waals surface area contributed by atoms with E-state index >= 15 is 0 Å². The molecule has 4 heteroatoms. The predicted molar refractivity (Wildman–Crippen MR) is 61.6 cm³/mol. The van der Waals surface area contributed by atoms with Crippen molar-refractivity contribution in [1.82, 2.24) is 10.2 Å². The summed E-state index contributed by atoms with van der Waals surface area (Å²) in [5.74, 6) is -0.0939. The van der Waals surface area contributed by atoms with E-state index in [4.69, 9.17) is 0 Å². The van der Waals surface area contributed by atoms with Crippen LogP contribution in [-0.2, 0) is 4.79 Å². The second kappa shape index (κ2) is 8.44. The van der Waals surface area contributed by atoms with Gasteiger partial charge in [0.1, 0.15) is 0 Å². The highest BCUT2D eigenvalue weighted by molar-refractivity contribution is 5.77. The molecule has 1 unspecified atom stereocenters. The van der Waals surface area contributed by atoms with Crippen LogP contribution in [0.15, 0.2) is 12.7 Å². The van der Waals surface area contributed by atoms with Crippen LogP contribution in [0.5, 0.6) is 0 Å². The van der Waals surface area contributed by atoms with Crippen molar-refractivity contribution in [3.8, 4) is 0 Å².